The molecule has 0 radical (unpaired) electrons. The van der Waals surface area contributed by atoms with Gasteiger partial charge in [-0.15, -0.1) is 0 Å². The van der Waals surface area contributed by atoms with Crippen LogP contribution in [0.3, 0.4) is 0 Å². The van der Waals surface area contributed by atoms with Gasteiger partial charge in [-0.25, -0.2) is 4.79 Å². The summed E-state index contributed by atoms with van der Waals surface area (Å²) in [6, 6.07) is 11.8. The number of urea groups is 1. The summed E-state index contributed by atoms with van der Waals surface area (Å²) >= 11 is 6.20. The normalized spacial score (nSPS) is 19.2. The molecular weight excluding hydrogens is 366 g/mol. The fraction of sp³-hybridized carbons (Fsp3) is 0.250. The molecule has 3 rings (SSSR count). The van der Waals surface area contributed by atoms with Gasteiger partial charge in [0.15, 0.2) is 0 Å². The number of imide groups is 1. The predicted molar refractivity (Wildman–Crippen MR) is 104 cm³/mol. The molecule has 27 heavy (non-hydrogen) atoms. The summed E-state index contributed by atoms with van der Waals surface area (Å²) in [6.07, 6.45) is 0. The van der Waals surface area contributed by atoms with E-state index in [1.54, 1.807) is 31.2 Å². The van der Waals surface area contributed by atoms with Crippen molar-refractivity contribution in [3.05, 3.63) is 64.2 Å². The highest BCUT2D eigenvalue weighted by Crippen LogP contribution is 2.33. The van der Waals surface area contributed by atoms with Crippen LogP contribution in [-0.4, -0.2) is 29.3 Å². The van der Waals surface area contributed by atoms with Crippen LogP contribution in [0.1, 0.15) is 23.6 Å². The molecule has 1 unspecified atom stereocenters. The van der Waals surface area contributed by atoms with Crippen LogP contribution in [0.4, 0.5) is 10.5 Å². The van der Waals surface area contributed by atoms with E-state index >= 15 is 0 Å². The zero-order valence-corrected chi connectivity index (χ0v) is 16.1. The molecule has 0 aromatic heterocycles. The van der Waals surface area contributed by atoms with Gasteiger partial charge in [0.25, 0.3) is 5.91 Å². The molecular formula is C20H20ClN3O3. The molecule has 1 aliphatic heterocycles. The Hall–Kier alpha value is -2.86. The first-order chi connectivity index (χ1) is 12.7. The van der Waals surface area contributed by atoms with Crippen LogP contribution in [-0.2, 0) is 15.1 Å². The molecule has 1 heterocycles. The van der Waals surface area contributed by atoms with Crippen molar-refractivity contribution in [3.8, 4) is 0 Å². The lowest BCUT2D eigenvalue weighted by Crippen LogP contribution is -2.42. The summed E-state index contributed by atoms with van der Waals surface area (Å²) in [7, 11) is 0. The topological polar surface area (TPSA) is 78.5 Å². The SMILES string of the molecule is Cc1cc(C)cc(NC(=O)CN2C(=O)NC(C)(c3ccccc3Cl)C2=O)c1. The van der Waals surface area contributed by atoms with Crippen LogP contribution in [0.25, 0.3) is 0 Å². The van der Waals surface area contributed by atoms with E-state index in [0.29, 0.717) is 16.3 Å². The van der Waals surface area contributed by atoms with Crippen LogP contribution in [0.5, 0.6) is 0 Å². The highest BCUT2D eigenvalue weighted by Gasteiger charge is 2.50. The van der Waals surface area contributed by atoms with Crippen molar-refractivity contribution in [1.82, 2.24) is 10.2 Å². The monoisotopic (exact) mass is 385 g/mol. The quantitative estimate of drug-likeness (QED) is 0.792. The third kappa shape index (κ3) is 3.66. The number of hydrogen-bond donors (Lipinski definition) is 2. The summed E-state index contributed by atoms with van der Waals surface area (Å²) in [6.45, 7) is 5.05. The Morgan fingerprint density at radius 2 is 1.78 bits per heavy atom. The van der Waals surface area contributed by atoms with Crippen molar-refractivity contribution in [2.45, 2.75) is 26.3 Å². The van der Waals surface area contributed by atoms with Gasteiger partial charge in [-0.1, -0.05) is 35.9 Å². The van der Waals surface area contributed by atoms with Crippen molar-refractivity contribution in [1.29, 1.82) is 0 Å². The molecule has 6 nitrogen and oxygen atoms in total. The molecule has 1 fully saturated rings. The minimum absolute atomic E-state index is 0.371. The van der Waals surface area contributed by atoms with Gasteiger partial charge in [-0.05, 0) is 50.1 Å². The number of aryl methyl sites for hydroxylation is 2. The zero-order valence-electron chi connectivity index (χ0n) is 15.3. The van der Waals surface area contributed by atoms with Gasteiger partial charge in [-0.3, -0.25) is 14.5 Å². The molecule has 0 aliphatic carbocycles. The summed E-state index contributed by atoms with van der Waals surface area (Å²) in [5.74, 6) is -0.969. The highest BCUT2D eigenvalue weighted by atomic mass is 35.5. The van der Waals surface area contributed by atoms with Gasteiger partial charge in [-0.2, -0.15) is 0 Å². The van der Waals surface area contributed by atoms with Crippen molar-refractivity contribution in [3.63, 3.8) is 0 Å². The number of carbonyl (C=O) groups excluding carboxylic acids is 3. The third-order valence-corrected chi connectivity index (χ3v) is 4.82. The number of rotatable bonds is 4. The number of hydrogen-bond acceptors (Lipinski definition) is 3. The molecule has 0 bridgehead atoms. The first-order valence-corrected chi connectivity index (χ1v) is 8.86. The molecule has 2 aromatic rings. The number of halogens is 1. The summed E-state index contributed by atoms with van der Waals surface area (Å²) < 4.78 is 0. The Kier molecular flexibility index (Phi) is 4.93. The van der Waals surface area contributed by atoms with Crippen molar-refractivity contribution < 1.29 is 14.4 Å². The van der Waals surface area contributed by atoms with Crippen LogP contribution >= 0.6 is 11.6 Å². The fourth-order valence-corrected chi connectivity index (χ4v) is 3.61. The van der Waals surface area contributed by atoms with Gasteiger partial charge < -0.3 is 10.6 Å². The smallest absolute Gasteiger partial charge is 0.325 e. The molecule has 1 saturated heterocycles. The number of nitrogens with zero attached hydrogens (tertiary/aromatic N) is 1. The Bertz CT molecular complexity index is 924. The van der Waals surface area contributed by atoms with E-state index < -0.39 is 23.4 Å². The predicted octanol–water partition coefficient (Wildman–Crippen LogP) is 3.36. The maximum atomic E-state index is 12.9. The molecule has 7 heteroatoms. The highest BCUT2D eigenvalue weighted by molar-refractivity contribution is 6.32. The van der Waals surface area contributed by atoms with E-state index in [-0.39, 0.29) is 6.54 Å². The van der Waals surface area contributed by atoms with E-state index in [1.165, 1.54) is 0 Å². The summed E-state index contributed by atoms with van der Waals surface area (Å²) in [5.41, 5.74) is 1.81. The first kappa shape index (κ1) is 18.9. The number of carbonyl (C=O) groups is 3. The molecule has 0 saturated carbocycles. The molecule has 2 aromatic carbocycles. The van der Waals surface area contributed by atoms with E-state index in [0.717, 1.165) is 16.0 Å². The number of benzene rings is 2. The number of anilines is 1. The molecule has 1 atom stereocenters. The minimum atomic E-state index is -1.31. The maximum Gasteiger partial charge on any atom is 0.325 e. The first-order valence-electron chi connectivity index (χ1n) is 8.48. The fourth-order valence-electron chi connectivity index (χ4n) is 3.28. The Balaban J connectivity index is 1.77. The van der Waals surface area contributed by atoms with Crippen molar-refractivity contribution >= 4 is 35.1 Å². The molecule has 0 spiro atoms. The molecule has 4 amide bonds. The van der Waals surface area contributed by atoms with Crippen LogP contribution < -0.4 is 10.6 Å². The van der Waals surface area contributed by atoms with Crippen molar-refractivity contribution in [2.75, 3.05) is 11.9 Å². The average molecular weight is 386 g/mol. The lowest BCUT2D eigenvalue weighted by atomic mass is 9.92. The van der Waals surface area contributed by atoms with Crippen LogP contribution in [0.2, 0.25) is 5.02 Å². The van der Waals surface area contributed by atoms with Gasteiger partial charge in [0.2, 0.25) is 5.91 Å². The average Bonchev–Trinajstić information content (AvgIpc) is 2.78. The standard InChI is InChI=1S/C20H20ClN3O3/c1-12-8-13(2)10-14(9-12)22-17(25)11-24-18(26)20(3,23-19(24)27)15-6-4-5-7-16(15)21/h4-10H,11H2,1-3H3,(H,22,25)(H,23,27). The Morgan fingerprint density at radius 3 is 2.41 bits per heavy atom. The second-order valence-electron chi connectivity index (χ2n) is 6.85. The van der Waals surface area contributed by atoms with Crippen molar-refractivity contribution in [2.24, 2.45) is 0 Å². The minimum Gasteiger partial charge on any atom is -0.325 e. The van der Waals surface area contributed by atoms with E-state index in [2.05, 4.69) is 10.6 Å². The van der Waals surface area contributed by atoms with Gasteiger partial charge >= 0.3 is 6.03 Å². The van der Waals surface area contributed by atoms with E-state index in [1.807, 2.05) is 32.0 Å². The molecule has 1 aliphatic rings. The van der Waals surface area contributed by atoms with Gasteiger partial charge in [0.05, 0.1) is 0 Å². The summed E-state index contributed by atoms with van der Waals surface area (Å²) in [4.78, 5) is 38.5. The number of amides is 4. The van der Waals surface area contributed by atoms with Gasteiger partial charge in [0.1, 0.15) is 12.1 Å². The number of nitrogens with one attached hydrogen (secondary N) is 2. The molecule has 2 N–H and O–H groups in total. The third-order valence-electron chi connectivity index (χ3n) is 4.49. The largest absolute Gasteiger partial charge is 0.325 e. The van der Waals surface area contributed by atoms with Crippen LogP contribution in [0.15, 0.2) is 42.5 Å². The van der Waals surface area contributed by atoms with Gasteiger partial charge in [0, 0.05) is 16.3 Å². The van der Waals surface area contributed by atoms with Crippen LogP contribution in [0, 0.1) is 13.8 Å². The lowest BCUT2D eigenvalue weighted by Gasteiger charge is -2.23. The maximum absolute atomic E-state index is 12.9. The Morgan fingerprint density at radius 1 is 1.15 bits per heavy atom. The summed E-state index contributed by atoms with van der Waals surface area (Å²) in [5, 5.41) is 5.75. The van der Waals surface area contributed by atoms with E-state index in [9.17, 15) is 14.4 Å². The second kappa shape index (κ2) is 7.04. The molecule has 140 valence electrons. The van der Waals surface area contributed by atoms with E-state index in [4.69, 9.17) is 11.6 Å². The zero-order chi connectivity index (χ0) is 19.8. The second-order valence-corrected chi connectivity index (χ2v) is 7.26. The lowest BCUT2D eigenvalue weighted by molar-refractivity contribution is -0.133. The Labute approximate surface area is 162 Å².